The number of hydrogen-bond acceptors (Lipinski definition) is 5. The van der Waals surface area contributed by atoms with Crippen molar-refractivity contribution in [1.29, 1.82) is 0 Å². The molecule has 3 aromatic rings. The molecule has 0 aliphatic rings. The number of benzene rings is 3. The van der Waals surface area contributed by atoms with E-state index in [0.717, 1.165) is 21.0 Å². The standard InChI is InChI=1S/C32H41N3O5S/c1-7-40-29-16-18-30(19-17-29)41(38,39)35(28-14-10-25(5)11-15-28)22-31(36)34(21-27-12-8-24(4)9-13-27)26(6)32(37)33-20-23(2)3/h8-19,23,26H,7,20-22H2,1-6H3,(H,33,37)/t26-/m0/s1. The van der Waals surface area contributed by atoms with Gasteiger partial charge in [-0.2, -0.15) is 0 Å². The molecule has 0 aliphatic carbocycles. The van der Waals surface area contributed by atoms with E-state index in [1.165, 1.54) is 17.0 Å². The molecule has 0 heterocycles. The molecule has 3 rings (SSSR count). The zero-order valence-electron chi connectivity index (χ0n) is 24.8. The number of amides is 2. The molecule has 0 saturated carbocycles. The predicted octanol–water partition coefficient (Wildman–Crippen LogP) is 5.09. The second-order valence-corrected chi connectivity index (χ2v) is 12.4. The number of ether oxygens (including phenoxy) is 1. The van der Waals surface area contributed by atoms with Crippen LogP contribution in [0.2, 0.25) is 0 Å². The Balaban J connectivity index is 1.99. The number of carbonyl (C=O) groups is 2. The van der Waals surface area contributed by atoms with E-state index in [1.807, 2.05) is 58.9 Å². The Hall–Kier alpha value is -3.85. The Morgan fingerprint density at radius 3 is 1.95 bits per heavy atom. The smallest absolute Gasteiger partial charge is 0.264 e. The van der Waals surface area contributed by atoms with E-state index >= 15 is 0 Å². The highest BCUT2D eigenvalue weighted by atomic mass is 32.2. The number of sulfonamides is 1. The Labute approximate surface area is 244 Å². The summed E-state index contributed by atoms with van der Waals surface area (Å²) in [6, 6.07) is 20.0. The summed E-state index contributed by atoms with van der Waals surface area (Å²) in [4.78, 5) is 28.5. The number of nitrogens with one attached hydrogen (secondary N) is 1. The molecule has 2 amide bonds. The van der Waals surface area contributed by atoms with Crippen molar-refractivity contribution in [3.63, 3.8) is 0 Å². The van der Waals surface area contributed by atoms with E-state index in [2.05, 4.69) is 5.32 Å². The van der Waals surface area contributed by atoms with Crippen LogP contribution >= 0.6 is 0 Å². The highest BCUT2D eigenvalue weighted by molar-refractivity contribution is 7.92. The first-order chi connectivity index (χ1) is 19.4. The van der Waals surface area contributed by atoms with Crippen LogP contribution in [0.5, 0.6) is 5.75 Å². The summed E-state index contributed by atoms with van der Waals surface area (Å²) in [6.07, 6.45) is 0. The summed E-state index contributed by atoms with van der Waals surface area (Å²) in [6.45, 7) is 12.0. The number of hydrogen-bond donors (Lipinski definition) is 1. The van der Waals surface area contributed by atoms with E-state index in [9.17, 15) is 18.0 Å². The van der Waals surface area contributed by atoms with Crippen molar-refractivity contribution < 1.29 is 22.7 Å². The molecule has 0 unspecified atom stereocenters. The fraction of sp³-hybridized carbons (Fsp3) is 0.375. The second-order valence-electron chi connectivity index (χ2n) is 10.6. The lowest BCUT2D eigenvalue weighted by Gasteiger charge is -2.32. The molecular formula is C32H41N3O5S. The van der Waals surface area contributed by atoms with Gasteiger partial charge in [0, 0.05) is 13.1 Å². The first-order valence-electron chi connectivity index (χ1n) is 13.9. The quantitative estimate of drug-likeness (QED) is 0.305. The number of carbonyl (C=O) groups excluding carboxylic acids is 2. The van der Waals surface area contributed by atoms with Gasteiger partial charge in [0.15, 0.2) is 0 Å². The van der Waals surface area contributed by atoms with Crippen molar-refractivity contribution in [2.24, 2.45) is 5.92 Å². The highest BCUT2D eigenvalue weighted by Crippen LogP contribution is 2.26. The summed E-state index contributed by atoms with van der Waals surface area (Å²) < 4.78 is 34.5. The lowest BCUT2D eigenvalue weighted by molar-refractivity contribution is -0.139. The topological polar surface area (TPSA) is 96.0 Å². The van der Waals surface area contributed by atoms with Gasteiger partial charge in [0.05, 0.1) is 17.2 Å². The summed E-state index contributed by atoms with van der Waals surface area (Å²) in [5.41, 5.74) is 3.21. The van der Waals surface area contributed by atoms with Crippen molar-refractivity contribution in [2.75, 3.05) is 24.0 Å². The van der Waals surface area contributed by atoms with Crippen molar-refractivity contribution in [3.05, 3.63) is 89.5 Å². The summed E-state index contributed by atoms with van der Waals surface area (Å²) >= 11 is 0. The number of rotatable bonds is 13. The van der Waals surface area contributed by atoms with Crippen LogP contribution in [0.1, 0.15) is 44.4 Å². The minimum atomic E-state index is -4.14. The Kier molecular flexibility index (Phi) is 10.9. The number of nitrogens with zero attached hydrogens (tertiary/aromatic N) is 2. The fourth-order valence-corrected chi connectivity index (χ4v) is 5.58. The van der Waals surface area contributed by atoms with Crippen molar-refractivity contribution in [2.45, 2.75) is 59.0 Å². The molecule has 0 aliphatic heterocycles. The van der Waals surface area contributed by atoms with Crippen LogP contribution in [-0.4, -0.2) is 50.9 Å². The zero-order valence-corrected chi connectivity index (χ0v) is 25.6. The molecule has 0 aromatic heterocycles. The average Bonchev–Trinajstić information content (AvgIpc) is 2.94. The maximum atomic E-state index is 14.0. The van der Waals surface area contributed by atoms with E-state index in [1.54, 1.807) is 43.3 Å². The third-order valence-electron chi connectivity index (χ3n) is 6.65. The molecule has 220 valence electrons. The molecule has 0 spiro atoms. The maximum absolute atomic E-state index is 14.0. The minimum absolute atomic E-state index is 0.0298. The molecule has 8 nitrogen and oxygen atoms in total. The molecule has 0 bridgehead atoms. The molecule has 3 aromatic carbocycles. The van der Waals surface area contributed by atoms with E-state index in [0.29, 0.717) is 24.6 Å². The van der Waals surface area contributed by atoms with E-state index in [-0.39, 0.29) is 23.3 Å². The second kappa shape index (κ2) is 14.2. The summed E-state index contributed by atoms with van der Waals surface area (Å²) in [7, 11) is -4.14. The SMILES string of the molecule is CCOc1ccc(S(=O)(=O)N(CC(=O)N(Cc2ccc(C)cc2)[C@@H](C)C(=O)NCC(C)C)c2ccc(C)cc2)cc1. The Bertz CT molecular complexity index is 1400. The van der Waals surface area contributed by atoms with Gasteiger partial charge in [-0.25, -0.2) is 8.42 Å². The lowest BCUT2D eigenvalue weighted by Crippen LogP contribution is -2.51. The maximum Gasteiger partial charge on any atom is 0.264 e. The van der Waals surface area contributed by atoms with Crippen LogP contribution in [-0.2, 0) is 26.2 Å². The van der Waals surface area contributed by atoms with Crippen molar-refractivity contribution in [3.8, 4) is 5.75 Å². The van der Waals surface area contributed by atoms with Crippen LogP contribution in [0.4, 0.5) is 5.69 Å². The van der Waals surface area contributed by atoms with Gasteiger partial charge in [0.25, 0.3) is 10.0 Å². The van der Waals surface area contributed by atoms with Gasteiger partial charge in [-0.05, 0) is 75.6 Å². The van der Waals surface area contributed by atoms with Gasteiger partial charge >= 0.3 is 0 Å². The molecule has 1 N–H and O–H groups in total. The highest BCUT2D eigenvalue weighted by Gasteiger charge is 2.32. The normalized spacial score (nSPS) is 12.1. The van der Waals surface area contributed by atoms with Gasteiger partial charge < -0.3 is 15.0 Å². The van der Waals surface area contributed by atoms with Gasteiger partial charge in [0.1, 0.15) is 18.3 Å². The first-order valence-corrected chi connectivity index (χ1v) is 15.3. The molecule has 9 heteroatoms. The average molecular weight is 580 g/mol. The van der Waals surface area contributed by atoms with Gasteiger partial charge in [-0.3, -0.25) is 13.9 Å². The predicted molar refractivity (Wildman–Crippen MR) is 162 cm³/mol. The molecule has 0 radical (unpaired) electrons. The first kappa shape index (κ1) is 31.7. The molecule has 1 atom stereocenters. The molecular weight excluding hydrogens is 538 g/mol. The summed E-state index contributed by atoms with van der Waals surface area (Å²) in [5, 5.41) is 2.90. The molecule has 0 fully saturated rings. The van der Waals surface area contributed by atoms with Crippen LogP contribution in [0.25, 0.3) is 0 Å². The van der Waals surface area contributed by atoms with Gasteiger partial charge in [-0.15, -0.1) is 0 Å². The van der Waals surface area contributed by atoms with Crippen LogP contribution in [0, 0.1) is 19.8 Å². The van der Waals surface area contributed by atoms with Crippen LogP contribution in [0.15, 0.2) is 77.7 Å². The lowest BCUT2D eigenvalue weighted by atomic mass is 10.1. The van der Waals surface area contributed by atoms with Gasteiger partial charge in [0.2, 0.25) is 11.8 Å². The van der Waals surface area contributed by atoms with E-state index < -0.39 is 28.5 Å². The third-order valence-corrected chi connectivity index (χ3v) is 8.44. The monoisotopic (exact) mass is 579 g/mol. The van der Waals surface area contributed by atoms with Crippen molar-refractivity contribution >= 4 is 27.5 Å². The van der Waals surface area contributed by atoms with Crippen LogP contribution < -0.4 is 14.4 Å². The Morgan fingerprint density at radius 1 is 0.854 bits per heavy atom. The van der Waals surface area contributed by atoms with Gasteiger partial charge in [-0.1, -0.05) is 61.4 Å². The number of aryl methyl sites for hydroxylation is 2. The third kappa shape index (κ3) is 8.57. The zero-order chi connectivity index (χ0) is 30.2. The Morgan fingerprint density at radius 2 is 1.41 bits per heavy atom. The minimum Gasteiger partial charge on any atom is -0.494 e. The fourth-order valence-electron chi connectivity index (χ4n) is 4.17. The van der Waals surface area contributed by atoms with Crippen molar-refractivity contribution in [1.82, 2.24) is 10.2 Å². The largest absolute Gasteiger partial charge is 0.494 e. The molecule has 0 saturated heterocycles. The number of anilines is 1. The summed E-state index contributed by atoms with van der Waals surface area (Å²) in [5.74, 6) is 0.00174. The molecule has 41 heavy (non-hydrogen) atoms. The van der Waals surface area contributed by atoms with Crippen LogP contribution in [0.3, 0.4) is 0 Å². The van der Waals surface area contributed by atoms with E-state index in [4.69, 9.17) is 4.74 Å².